The summed E-state index contributed by atoms with van der Waals surface area (Å²) in [6.45, 7) is 28.8. The van der Waals surface area contributed by atoms with E-state index in [0.29, 0.717) is 99.5 Å². The average molecular weight is 2080 g/mol. The normalized spacial score (nSPS) is 23.9. The number of hydrogen-bond acceptors (Lipinski definition) is 29. The molecule has 0 aromatic carbocycles. The fraction of sp³-hybridized carbons (Fsp3) is 0.608. The number of sulfone groups is 1. The minimum Gasteiger partial charge on any atom is -0.393 e. The van der Waals surface area contributed by atoms with E-state index in [0.717, 1.165) is 167 Å². The number of rotatable bonds is 25. The van der Waals surface area contributed by atoms with Gasteiger partial charge in [0.15, 0.2) is 20.0 Å². The van der Waals surface area contributed by atoms with Gasteiger partial charge in [-0.3, -0.25) is 38.4 Å². The van der Waals surface area contributed by atoms with Crippen LogP contribution in [0.5, 0.6) is 0 Å². The van der Waals surface area contributed by atoms with Crippen molar-refractivity contribution in [1.29, 1.82) is 0 Å². The number of nitrogens with zero attached hydrogens (tertiary/aromatic N) is 12. The summed E-state index contributed by atoms with van der Waals surface area (Å²) in [5.41, 5.74) is 6.12. The highest BCUT2D eigenvalue weighted by atomic mass is 32.2. The van der Waals surface area contributed by atoms with Gasteiger partial charge in [-0.1, -0.05) is 0 Å². The van der Waals surface area contributed by atoms with Crippen molar-refractivity contribution < 1.29 is 79.7 Å². The van der Waals surface area contributed by atoms with Crippen LogP contribution in [0.3, 0.4) is 0 Å². The third-order valence-corrected chi connectivity index (χ3v) is 36.5. The van der Waals surface area contributed by atoms with Crippen molar-refractivity contribution in [3.63, 3.8) is 0 Å². The molecule has 11 N–H and O–H groups in total. The van der Waals surface area contributed by atoms with Crippen LogP contribution in [0.4, 0.5) is 40.8 Å². The molecular formula is C102H134F4N20O13S5. The zero-order valence-corrected chi connectivity index (χ0v) is 88.5. The van der Waals surface area contributed by atoms with Crippen molar-refractivity contribution in [3.05, 3.63) is 114 Å². The van der Waals surface area contributed by atoms with Gasteiger partial charge in [0.05, 0.1) is 68.0 Å². The molecule has 11 fully saturated rings. The number of nitrogens with one attached hydrogen (secondary N) is 8. The fourth-order valence-electron chi connectivity index (χ4n) is 20.2. The molecular weight excluding hydrogens is 1950 g/mol. The number of alkyl halides is 4. The SMILES string of the molecule is Cc1cc(NC2(C)CCC2)ncc1-c1sc(C(=O)NC2CC(O)C2)nc1C(=O)N1CC(F)(F)C[C@@H]1C.Cc1cc(NC2(C)CCC2)ncc1-c1sc(C(=O)NC2CC(O)C2)nc1C(=O)N1CCC[C@@H]1C.Cc1cc(NC2(C)CCC2)ncc1-c1sc(C(=O)NC2CCS(=O)(=O)CC2)nc1C(=O)N1CC(F)(F)C[C@@H]1C.Cc1cc(NC2(C)CCC2)ncc1-c1sc(C(=O)N[C@@H](C)C(C)(C)O)nc1C(=O)N1CCC[C@@H]1C. The predicted molar refractivity (Wildman–Crippen MR) is 549 cm³/mol. The highest BCUT2D eigenvalue weighted by molar-refractivity contribution is 7.91. The zero-order chi connectivity index (χ0) is 104. The number of carbonyl (C=O) groups is 8. The Labute approximate surface area is 853 Å². The summed E-state index contributed by atoms with van der Waals surface area (Å²) >= 11 is 4.50. The Balaban J connectivity index is 0.000000138. The number of likely N-dealkylation sites (tertiary alicyclic amines) is 4. The smallest absolute Gasteiger partial charge is 0.280 e. The summed E-state index contributed by atoms with van der Waals surface area (Å²) < 4.78 is 79.9. The van der Waals surface area contributed by atoms with E-state index in [1.807, 2.05) is 68.7 Å². The van der Waals surface area contributed by atoms with Gasteiger partial charge in [-0.2, -0.15) is 0 Å². The van der Waals surface area contributed by atoms with E-state index < -0.39 is 107 Å². The number of aliphatic hydroxyl groups is 3. The van der Waals surface area contributed by atoms with Crippen molar-refractivity contribution in [3.8, 4) is 41.8 Å². The molecule has 11 aliphatic rings. The maximum atomic E-state index is 14.1. The molecule has 19 rings (SSSR count). The first kappa shape index (κ1) is 106. The number of amides is 8. The zero-order valence-electron chi connectivity index (χ0n) is 84.4. The number of hydrogen-bond donors (Lipinski definition) is 11. The van der Waals surface area contributed by atoms with Gasteiger partial charge in [-0.15, -0.1) is 45.3 Å². The molecule has 0 radical (unpaired) electrons. The highest BCUT2D eigenvalue weighted by Gasteiger charge is 2.50. The number of aromatic nitrogens is 8. The quantitative estimate of drug-likeness (QED) is 0.0237. The van der Waals surface area contributed by atoms with Crippen LogP contribution in [-0.2, 0) is 9.84 Å². The van der Waals surface area contributed by atoms with Crippen molar-refractivity contribution in [2.24, 2.45) is 0 Å². The van der Waals surface area contributed by atoms with Crippen LogP contribution in [0.1, 0.15) is 334 Å². The van der Waals surface area contributed by atoms with Crippen LogP contribution in [0, 0.1) is 27.7 Å². The Morgan fingerprint density at radius 3 is 0.917 bits per heavy atom. The Morgan fingerprint density at radius 2 is 0.688 bits per heavy atom. The molecule has 6 aliphatic carbocycles. The Kier molecular flexibility index (Phi) is 31.1. The summed E-state index contributed by atoms with van der Waals surface area (Å²) in [4.78, 5) is 150. The van der Waals surface area contributed by atoms with E-state index in [9.17, 15) is 79.7 Å². The van der Waals surface area contributed by atoms with E-state index in [1.54, 1.807) is 59.4 Å². The number of pyridine rings is 4. The number of anilines is 4. The lowest BCUT2D eigenvalue weighted by molar-refractivity contribution is 0.0115. The van der Waals surface area contributed by atoms with Gasteiger partial charge < -0.3 is 77.5 Å². The van der Waals surface area contributed by atoms with Crippen molar-refractivity contribution >= 4 is 126 Å². The van der Waals surface area contributed by atoms with Crippen molar-refractivity contribution in [2.45, 2.75) is 358 Å². The molecule has 5 atom stereocenters. The minimum atomic E-state index is -3.10. The Hall–Kier alpha value is -10.4. The van der Waals surface area contributed by atoms with E-state index in [-0.39, 0.29) is 119 Å². The molecule has 33 nitrogen and oxygen atoms in total. The van der Waals surface area contributed by atoms with Gasteiger partial charge in [-0.25, -0.2) is 65.9 Å². The molecule has 8 aromatic heterocycles. The first-order valence-electron chi connectivity index (χ1n) is 50.3. The van der Waals surface area contributed by atoms with Gasteiger partial charge in [0.25, 0.3) is 59.1 Å². The summed E-state index contributed by atoms with van der Waals surface area (Å²) in [6.07, 6.45) is 25.2. The third-order valence-electron chi connectivity index (χ3n) is 30.5. The fourth-order valence-corrected chi connectivity index (χ4v) is 25.8. The van der Waals surface area contributed by atoms with Crippen LogP contribution in [0.25, 0.3) is 41.8 Å². The first-order valence-corrected chi connectivity index (χ1v) is 55.4. The summed E-state index contributed by atoms with van der Waals surface area (Å²) in [7, 11) is -3.10. The van der Waals surface area contributed by atoms with Crippen LogP contribution in [0.2, 0.25) is 0 Å². The Morgan fingerprint density at radius 1 is 0.417 bits per heavy atom. The molecule has 144 heavy (non-hydrogen) atoms. The molecule has 6 saturated carbocycles. The molecule has 13 heterocycles. The van der Waals surface area contributed by atoms with Crippen molar-refractivity contribution in [1.82, 2.24) is 80.7 Å². The molecule has 0 unspecified atom stereocenters. The van der Waals surface area contributed by atoms with Crippen LogP contribution in [-0.4, -0.2) is 268 Å². The predicted octanol–water partition coefficient (Wildman–Crippen LogP) is 16.2. The molecule has 0 bridgehead atoms. The second-order valence-electron chi connectivity index (χ2n) is 43.5. The topological polar surface area (TPSA) is 444 Å². The van der Waals surface area contributed by atoms with E-state index in [1.165, 1.54) is 41.9 Å². The highest BCUT2D eigenvalue weighted by Crippen LogP contribution is 2.47. The van der Waals surface area contributed by atoms with Crippen molar-refractivity contribution in [2.75, 3.05) is 59.0 Å². The van der Waals surface area contributed by atoms with E-state index in [2.05, 4.69) is 117 Å². The van der Waals surface area contributed by atoms with E-state index >= 15 is 0 Å². The number of halogens is 4. The standard InChI is InChI=1S/C26H33F2N5O4S2.C26H37N5O3S.C25H31F2N5O3S.C25H33N5O3S/c1-15-11-19(32-25(3)7-4-8-25)29-13-18(15)21-20(24(35)33-14-26(27,28)12-16(33)2)31-23(38-21)22(34)30-17-5-9-39(36,37)10-6-17;1-15-13-19(30-26(6)10-8-11-26)27-14-18(15)21-20(24(33)31-12-7-9-16(31)2)29-23(35-21)22(32)28-17(3)25(4,5)34;1-13-7-18(31-24(3)5-4-6-24)28-11-17(13)20-19(23(35)32-12-25(26,27)10-14(32)2)30-22(36-20)21(34)29-15-8-16(33)9-15;1-14-10-19(29-25(3)7-5-8-25)26-13-18(14)21-20(24(33)30-9-4-6-15(30)2)28-23(34-21)22(32)27-16-11-17(31)12-16/h11,13,16-17H,4-10,12,14H2,1-3H3,(H,29,32)(H,30,34);13-14,16-17,34H,7-12H2,1-6H3,(H,27,30)(H,28,32);7,11,14-16,33H,4-6,8-10,12H2,1-3H3,(H,28,31)(H,29,34);10,13,15-17,31H,4-9,11-12H2,1-3H3,(H,26,29)(H,27,32)/t16-;16-,17-;14-,15?,16?;15-,16?,17?/m0000/s1. The van der Waals surface area contributed by atoms with Gasteiger partial charge in [0, 0.05) is 137 Å². The number of carbonyl (C=O) groups excluding carboxylic acids is 8. The lowest BCUT2D eigenvalue weighted by Gasteiger charge is -2.39. The summed E-state index contributed by atoms with van der Waals surface area (Å²) in [5.74, 6) is -6.10. The minimum absolute atomic E-state index is 0.00381. The first-order chi connectivity index (χ1) is 67.8. The lowest BCUT2D eigenvalue weighted by Crippen LogP contribution is -2.47. The second-order valence-corrected chi connectivity index (χ2v) is 49.8. The van der Waals surface area contributed by atoms with E-state index in [4.69, 9.17) is 0 Å². The molecule has 8 amide bonds. The largest absolute Gasteiger partial charge is 0.393 e. The van der Waals surface area contributed by atoms with Crippen LogP contribution < -0.4 is 42.5 Å². The molecule has 5 saturated heterocycles. The summed E-state index contributed by atoms with van der Waals surface area (Å²) in [5, 5.41) is 55.3. The van der Waals surface area contributed by atoms with Gasteiger partial charge in [0.2, 0.25) is 0 Å². The van der Waals surface area contributed by atoms with Gasteiger partial charge in [0.1, 0.15) is 55.9 Å². The van der Waals surface area contributed by atoms with Crippen LogP contribution in [0.15, 0.2) is 49.1 Å². The lowest BCUT2D eigenvalue weighted by atomic mass is 9.78. The molecule has 42 heteroatoms. The summed E-state index contributed by atoms with van der Waals surface area (Å²) in [6, 6.07) is 5.74. The molecule has 8 aromatic rings. The van der Waals surface area contributed by atoms with Crippen LogP contribution >= 0.6 is 45.3 Å². The molecule has 778 valence electrons. The average Bonchev–Trinajstić information content (AvgIpc) is 1.62. The van der Waals surface area contributed by atoms with Gasteiger partial charge in [-0.05, 0) is 292 Å². The second kappa shape index (κ2) is 42.1. The molecule has 5 aliphatic heterocycles. The number of aryl methyl sites for hydroxylation is 4. The number of aliphatic hydroxyl groups excluding tert-OH is 2. The number of thiazole rings is 4. The monoisotopic (exact) mass is 2080 g/mol. The maximum Gasteiger partial charge on any atom is 0.280 e. The van der Waals surface area contributed by atoms with Gasteiger partial charge >= 0.3 is 0 Å². The maximum absolute atomic E-state index is 14.1. The third kappa shape index (κ3) is 24.4. The molecule has 0 spiro atoms. The Bertz CT molecular complexity index is 6300.